The maximum atomic E-state index is 12.0. The molecule has 0 aliphatic rings. The van der Waals surface area contributed by atoms with Crippen molar-refractivity contribution in [2.45, 2.75) is 19.9 Å². The lowest BCUT2D eigenvalue weighted by atomic mass is 10.2. The molecule has 0 radical (unpaired) electrons. The van der Waals surface area contributed by atoms with Crippen LogP contribution in [0.1, 0.15) is 23.8 Å². The normalized spacial score (nSPS) is 10.8. The lowest BCUT2D eigenvalue weighted by molar-refractivity contribution is 0.0968. The van der Waals surface area contributed by atoms with Crippen molar-refractivity contribution in [3.8, 4) is 0 Å². The number of rotatable bonds is 8. The van der Waals surface area contributed by atoms with Crippen LogP contribution in [-0.2, 0) is 11.3 Å². The van der Waals surface area contributed by atoms with Crippen molar-refractivity contribution in [2.75, 3.05) is 26.8 Å². The van der Waals surface area contributed by atoms with Crippen LogP contribution in [0.3, 0.4) is 0 Å². The molecule has 0 aliphatic carbocycles. The third-order valence-corrected chi connectivity index (χ3v) is 2.93. The molecule has 0 amide bonds. The van der Waals surface area contributed by atoms with E-state index in [2.05, 4.69) is 26.3 Å². The Balaban J connectivity index is 2.66. The van der Waals surface area contributed by atoms with Crippen LogP contribution in [0.4, 0.5) is 0 Å². The van der Waals surface area contributed by atoms with Crippen LogP contribution in [0, 0.1) is 0 Å². The van der Waals surface area contributed by atoms with Gasteiger partial charge in [0.1, 0.15) is 5.69 Å². The third-order valence-electron chi connectivity index (χ3n) is 2.34. The monoisotopic (exact) mass is 303 g/mol. The van der Waals surface area contributed by atoms with Crippen LogP contribution in [0.25, 0.3) is 0 Å². The molecule has 1 aromatic rings. The summed E-state index contributed by atoms with van der Waals surface area (Å²) < 4.78 is 7.42. The first-order chi connectivity index (χ1) is 8.20. The number of hydrogen-bond acceptors (Lipinski definition) is 4. The van der Waals surface area contributed by atoms with Gasteiger partial charge in [-0.3, -0.25) is 9.48 Å². The number of carbonyl (C=O) groups is 1. The van der Waals surface area contributed by atoms with Crippen molar-refractivity contribution in [3.63, 3.8) is 0 Å². The summed E-state index contributed by atoms with van der Waals surface area (Å²) in [6.45, 7) is 4.71. The fourth-order valence-corrected chi connectivity index (χ4v) is 2.00. The van der Waals surface area contributed by atoms with Gasteiger partial charge in [0.05, 0.1) is 23.8 Å². The maximum absolute atomic E-state index is 12.0. The number of hydrogen-bond donors (Lipinski definition) is 1. The highest BCUT2D eigenvalue weighted by molar-refractivity contribution is 9.10. The highest BCUT2D eigenvalue weighted by atomic mass is 79.9. The van der Waals surface area contributed by atoms with Crippen LogP contribution >= 0.6 is 15.9 Å². The number of aromatic nitrogens is 2. The van der Waals surface area contributed by atoms with E-state index >= 15 is 0 Å². The molecule has 0 aliphatic heterocycles. The summed E-state index contributed by atoms with van der Waals surface area (Å²) in [4.78, 5) is 12.0. The van der Waals surface area contributed by atoms with E-state index in [9.17, 15) is 4.79 Å². The zero-order valence-corrected chi connectivity index (χ0v) is 11.8. The Kier molecular flexibility index (Phi) is 6.39. The summed E-state index contributed by atoms with van der Waals surface area (Å²) in [5.41, 5.74) is 0.625. The van der Waals surface area contributed by atoms with Crippen molar-refractivity contribution in [2.24, 2.45) is 0 Å². The van der Waals surface area contributed by atoms with Crippen LogP contribution in [-0.4, -0.2) is 42.4 Å². The van der Waals surface area contributed by atoms with Crippen molar-refractivity contribution in [1.82, 2.24) is 15.1 Å². The fourth-order valence-electron chi connectivity index (χ4n) is 1.48. The minimum absolute atomic E-state index is 0.0893. The molecule has 1 heterocycles. The second-order valence-corrected chi connectivity index (χ2v) is 4.44. The molecular formula is C11H18BrN3O2. The molecule has 0 atom stereocenters. The van der Waals surface area contributed by atoms with Crippen molar-refractivity contribution in [3.05, 3.63) is 16.4 Å². The van der Waals surface area contributed by atoms with Gasteiger partial charge in [0.25, 0.3) is 0 Å². The lowest BCUT2D eigenvalue weighted by Gasteiger charge is -2.07. The van der Waals surface area contributed by atoms with Gasteiger partial charge in [-0.2, -0.15) is 5.10 Å². The molecule has 1 N–H and O–H groups in total. The summed E-state index contributed by atoms with van der Waals surface area (Å²) in [5, 5.41) is 7.28. The predicted octanol–water partition coefficient (Wildman–Crippen LogP) is 1.47. The Morgan fingerprint density at radius 3 is 3.06 bits per heavy atom. The molecule has 0 spiro atoms. The highest BCUT2D eigenvalue weighted by Crippen LogP contribution is 2.17. The van der Waals surface area contributed by atoms with Gasteiger partial charge in [-0.25, -0.2) is 0 Å². The Morgan fingerprint density at radius 2 is 2.41 bits per heavy atom. The number of ether oxygens (including phenoxy) is 1. The van der Waals surface area contributed by atoms with Crippen molar-refractivity contribution < 1.29 is 9.53 Å². The number of nitrogens with one attached hydrogen (secondary N) is 1. The van der Waals surface area contributed by atoms with E-state index in [0.717, 1.165) is 11.0 Å². The lowest BCUT2D eigenvalue weighted by Crippen LogP contribution is -2.20. The van der Waals surface area contributed by atoms with Crippen molar-refractivity contribution >= 4 is 21.7 Å². The maximum Gasteiger partial charge on any atom is 0.183 e. The van der Waals surface area contributed by atoms with Gasteiger partial charge in [-0.05, 0) is 22.5 Å². The van der Waals surface area contributed by atoms with Crippen LogP contribution < -0.4 is 5.32 Å². The summed E-state index contributed by atoms with van der Waals surface area (Å²) >= 11 is 3.35. The van der Waals surface area contributed by atoms with E-state index in [4.69, 9.17) is 4.74 Å². The molecule has 0 bridgehead atoms. The average Bonchev–Trinajstić information content (AvgIpc) is 2.68. The third kappa shape index (κ3) is 4.22. The predicted molar refractivity (Wildman–Crippen MR) is 69.3 cm³/mol. The SMILES string of the molecule is CCNCCC(=O)c1c(Br)cnn1CCOC. The molecule has 5 nitrogen and oxygen atoms in total. The number of methoxy groups -OCH3 is 1. The standard InChI is InChI=1S/C11H18BrN3O2/c1-3-13-5-4-10(16)11-9(12)8-14-15(11)6-7-17-2/h8,13H,3-7H2,1-2H3. The molecule has 0 saturated heterocycles. The van der Waals surface area contributed by atoms with Crippen LogP contribution in [0.5, 0.6) is 0 Å². The van der Waals surface area contributed by atoms with E-state index in [1.807, 2.05) is 6.92 Å². The van der Waals surface area contributed by atoms with Crippen LogP contribution in [0.15, 0.2) is 10.7 Å². The van der Waals surface area contributed by atoms with E-state index in [-0.39, 0.29) is 5.78 Å². The number of ketones is 1. The van der Waals surface area contributed by atoms with Gasteiger partial charge in [-0.15, -0.1) is 0 Å². The molecule has 0 unspecified atom stereocenters. The first kappa shape index (κ1) is 14.3. The zero-order chi connectivity index (χ0) is 12.7. The highest BCUT2D eigenvalue weighted by Gasteiger charge is 2.16. The first-order valence-electron chi connectivity index (χ1n) is 5.64. The summed E-state index contributed by atoms with van der Waals surface area (Å²) in [7, 11) is 1.63. The average molecular weight is 304 g/mol. The van der Waals surface area contributed by atoms with Gasteiger partial charge in [-0.1, -0.05) is 6.92 Å². The summed E-state index contributed by atoms with van der Waals surface area (Å²) in [6.07, 6.45) is 2.13. The summed E-state index contributed by atoms with van der Waals surface area (Å²) in [5.74, 6) is 0.0893. The second kappa shape index (κ2) is 7.58. The van der Waals surface area contributed by atoms with Gasteiger partial charge >= 0.3 is 0 Å². The van der Waals surface area contributed by atoms with Crippen molar-refractivity contribution in [1.29, 1.82) is 0 Å². The Labute approximate surface area is 110 Å². The molecule has 6 heteroatoms. The zero-order valence-electron chi connectivity index (χ0n) is 10.2. The first-order valence-corrected chi connectivity index (χ1v) is 6.44. The molecule has 1 aromatic heterocycles. The van der Waals surface area contributed by atoms with E-state index in [1.54, 1.807) is 18.0 Å². The smallest absolute Gasteiger partial charge is 0.183 e. The molecular weight excluding hydrogens is 286 g/mol. The Morgan fingerprint density at radius 1 is 1.65 bits per heavy atom. The molecule has 17 heavy (non-hydrogen) atoms. The minimum Gasteiger partial charge on any atom is -0.383 e. The number of nitrogens with zero attached hydrogens (tertiary/aromatic N) is 2. The summed E-state index contributed by atoms with van der Waals surface area (Å²) in [6, 6.07) is 0. The molecule has 96 valence electrons. The van der Waals surface area contributed by atoms with Crippen LogP contribution in [0.2, 0.25) is 0 Å². The molecule has 0 aromatic carbocycles. The Bertz CT molecular complexity index is 366. The van der Waals surface area contributed by atoms with Gasteiger partial charge in [0.2, 0.25) is 0 Å². The van der Waals surface area contributed by atoms with E-state index < -0.39 is 0 Å². The molecule has 0 fully saturated rings. The largest absolute Gasteiger partial charge is 0.383 e. The second-order valence-electron chi connectivity index (χ2n) is 3.58. The molecule has 1 rings (SSSR count). The topological polar surface area (TPSA) is 56.2 Å². The quantitative estimate of drug-likeness (QED) is 0.584. The van der Waals surface area contributed by atoms with E-state index in [1.165, 1.54) is 0 Å². The van der Waals surface area contributed by atoms with Gasteiger partial charge in [0, 0.05) is 20.1 Å². The van der Waals surface area contributed by atoms with Gasteiger partial charge < -0.3 is 10.1 Å². The Hall–Kier alpha value is -0.720. The number of Topliss-reactive ketones (excluding diaryl/α,β-unsaturated/α-hetero) is 1. The van der Waals surface area contributed by atoms with Gasteiger partial charge in [0.15, 0.2) is 5.78 Å². The number of halogens is 1. The fraction of sp³-hybridized carbons (Fsp3) is 0.636. The van der Waals surface area contributed by atoms with E-state index in [0.29, 0.717) is 31.8 Å². The minimum atomic E-state index is 0.0893. The number of carbonyl (C=O) groups excluding carboxylic acids is 1. The molecule has 0 saturated carbocycles.